The number of rotatable bonds is 4. The molecule has 0 saturated carbocycles. The van der Waals surface area contributed by atoms with Gasteiger partial charge < -0.3 is 10.2 Å². The van der Waals surface area contributed by atoms with E-state index in [1.54, 1.807) is 6.20 Å². The van der Waals surface area contributed by atoms with E-state index in [0.29, 0.717) is 5.82 Å². The van der Waals surface area contributed by atoms with E-state index < -0.39 is 16.4 Å². The number of fused-ring (bicyclic) bond motifs is 1. The van der Waals surface area contributed by atoms with Gasteiger partial charge in [-0.05, 0) is 17.5 Å². The zero-order valence-corrected chi connectivity index (χ0v) is 12.2. The molecule has 3 aromatic rings. The fraction of sp³-hybridized carbons (Fsp3) is 0. The van der Waals surface area contributed by atoms with Crippen molar-refractivity contribution in [3.63, 3.8) is 0 Å². The second kappa shape index (κ2) is 6.21. The first kappa shape index (κ1) is 15.2. The number of phenols is 2. The van der Waals surface area contributed by atoms with Crippen molar-refractivity contribution in [2.45, 2.75) is 0 Å². The zero-order chi connectivity index (χ0) is 17.1. The molecular formula is C16H12N4O4. The van der Waals surface area contributed by atoms with Crippen LogP contribution in [0.2, 0.25) is 0 Å². The Labute approximate surface area is 135 Å². The molecule has 1 heterocycles. The Morgan fingerprint density at radius 2 is 1.96 bits per heavy atom. The number of nitro groups is 1. The van der Waals surface area contributed by atoms with Gasteiger partial charge in [-0.2, -0.15) is 5.10 Å². The van der Waals surface area contributed by atoms with Gasteiger partial charge in [-0.3, -0.25) is 15.5 Å². The van der Waals surface area contributed by atoms with Gasteiger partial charge in [0.1, 0.15) is 5.75 Å². The standard InChI is InChI=1S/C16H12N4O4/c21-14-6-5-13(20(23)24)15(22)12(14)9-18-19-16-11-4-2-1-3-10(11)7-8-17-16/h1-9,21-22H,(H,17,19)/b18-9+. The second-order valence-corrected chi connectivity index (χ2v) is 4.87. The third-order valence-corrected chi connectivity index (χ3v) is 3.41. The Bertz CT molecular complexity index is 951. The van der Waals surface area contributed by atoms with Crippen LogP contribution in [-0.2, 0) is 0 Å². The second-order valence-electron chi connectivity index (χ2n) is 4.87. The van der Waals surface area contributed by atoms with E-state index >= 15 is 0 Å². The molecule has 3 N–H and O–H groups in total. The van der Waals surface area contributed by atoms with Gasteiger partial charge in [0.2, 0.25) is 5.75 Å². The van der Waals surface area contributed by atoms with E-state index in [4.69, 9.17) is 0 Å². The molecule has 0 amide bonds. The molecule has 0 fully saturated rings. The molecule has 0 spiro atoms. The molecular weight excluding hydrogens is 312 g/mol. The van der Waals surface area contributed by atoms with Crippen LogP contribution >= 0.6 is 0 Å². The molecule has 2 aromatic carbocycles. The molecule has 0 aliphatic rings. The normalized spacial score (nSPS) is 11.0. The number of hydrazone groups is 1. The van der Waals surface area contributed by atoms with E-state index in [0.717, 1.165) is 29.1 Å². The predicted octanol–water partition coefficient (Wildman–Crippen LogP) is 3.00. The molecule has 0 aliphatic carbocycles. The summed E-state index contributed by atoms with van der Waals surface area (Å²) in [4.78, 5) is 14.2. The molecule has 120 valence electrons. The maximum absolute atomic E-state index is 10.8. The van der Waals surface area contributed by atoms with Crippen molar-refractivity contribution in [1.82, 2.24) is 4.98 Å². The minimum atomic E-state index is -0.744. The monoisotopic (exact) mass is 324 g/mol. The van der Waals surface area contributed by atoms with Crippen LogP contribution in [0.15, 0.2) is 53.8 Å². The lowest BCUT2D eigenvalue weighted by molar-refractivity contribution is -0.385. The topological polar surface area (TPSA) is 121 Å². The lowest BCUT2D eigenvalue weighted by Gasteiger charge is -2.05. The molecule has 8 nitrogen and oxygen atoms in total. The van der Waals surface area contributed by atoms with Crippen LogP contribution in [0.3, 0.4) is 0 Å². The van der Waals surface area contributed by atoms with Crippen molar-refractivity contribution >= 4 is 28.5 Å². The van der Waals surface area contributed by atoms with Gasteiger partial charge in [0.05, 0.1) is 16.7 Å². The summed E-state index contributed by atoms with van der Waals surface area (Å²) >= 11 is 0. The summed E-state index contributed by atoms with van der Waals surface area (Å²) in [5.74, 6) is -0.500. The Balaban J connectivity index is 1.92. The van der Waals surface area contributed by atoms with Gasteiger partial charge >= 0.3 is 5.69 Å². The Morgan fingerprint density at radius 1 is 1.17 bits per heavy atom. The van der Waals surface area contributed by atoms with Crippen LogP contribution in [0.5, 0.6) is 11.5 Å². The molecule has 24 heavy (non-hydrogen) atoms. The van der Waals surface area contributed by atoms with Crippen molar-refractivity contribution in [1.29, 1.82) is 0 Å². The molecule has 3 rings (SSSR count). The molecule has 0 aliphatic heterocycles. The van der Waals surface area contributed by atoms with Crippen LogP contribution < -0.4 is 5.43 Å². The average molecular weight is 324 g/mol. The number of pyridine rings is 1. The summed E-state index contributed by atoms with van der Waals surface area (Å²) in [7, 11) is 0. The summed E-state index contributed by atoms with van der Waals surface area (Å²) in [5.41, 5.74) is 2.03. The average Bonchev–Trinajstić information content (AvgIpc) is 2.57. The van der Waals surface area contributed by atoms with Crippen LogP contribution in [-0.4, -0.2) is 26.3 Å². The number of aromatic nitrogens is 1. The number of nitro benzene ring substituents is 1. The van der Waals surface area contributed by atoms with Crippen LogP contribution in [0.4, 0.5) is 11.5 Å². The lowest BCUT2D eigenvalue weighted by Crippen LogP contribution is -1.96. The number of nitrogens with one attached hydrogen (secondary N) is 1. The van der Waals surface area contributed by atoms with E-state index in [2.05, 4.69) is 15.5 Å². The first-order valence-electron chi connectivity index (χ1n) is 6.90. The predicted molar refractivity (Wildman–Crippen MR) is 89.4 cm³/mol. The maximum atomic E-state index is 10.8. The first-order chi connectivity index (χ1) is 11.6. The van der Waals surface area contributed by atoms with Crippen molar-refractivity contribution in [3.05, 3.63) is 64.3 Å². The number of hydrogen-bond donors (Lipinski definition) is 3. The smallest absolute Gasteiger partial charge is 0.311 e. The summed E-state index contributed by atoms with van der Waals surface area (Å²) < 4.78 is 0. The minimum Gasteiger partial charge on any atom is -0.507 e. The van der Waals surface area contributed by atoms with Crippen molar-refractivity contribution < 1.29 is 15.1 Å². The van der Waals surface area contributed by atoms with Crippen molar-refractivity contribution in [2.24, 2.45) is 5.10 Å². The highest BCUT2D eigenvalue weighted by molar-refractivity contribution is 5.93. The fourth-order valence-corrected chi connectivity index (χ4v) is 2.23. The summed E-state index contributed by atoms with van der Waals surface area (Å²) in [5, 5.41) is 36.1. The lowest BCUT2D eigenvalue weighted by atomic mass is 10.1. The summed E-state index contributed by atoms with van der Waals surface area (Å²) in [6, 6.07) is 11.5. The van der Waals surface area contributed by atoms with Gasteiger partial charge in [0.25, 0.3) is 0 Å². The van der Waals surface area contributed by atoms with Crippen LogP contribution in [0.25, 0.3) is 10.8 Å². The van der Waals surface area contributed by atoms with E-state index in [1.807, 2.05) is 30.3 Å². The molecule has 0 bridgehead atoms. The van der Waals surface area contributed by atoms with Crippen molar-refractivity contribution in [2.75, 3.05) is 5.43 Å². The molecule has 1 aromatic heterocycles. The number of anilines is 1. The number of aromatic hydroxyl groups is 2. The molecule has 0 atom stereocenters. The van der Waals surface area contributed by atoms with Crippen molar-refractivity contribution in [3.8, 4) is 11.5 Å². The third-order valence-electron chi connectivity index (χ3n) is 3.41. The first-order valence-corrected chi connectivity index (χ1v) is 6.90. The Hall–Kier alpha value is -3.68. The Kier molecular flexibility index (Phi) is 3.94. The maximum Gasteiger partial charge on any atom is 0.311 e. The Morgan fingerprint density at radius 3 is 2.75 bits per heavy atom. The molecule has 0 saturated heterocycles. The highest BCUT2D eigenvalue weighted by atomic mass is 16.6. The molecule has 8 heteroatoms. The number of benzene rings is 2. The molecule has 0 radical (unpaired) electrons. The number of nitrogens with zero attached hydrogens (tertiary/aromatic N) is 3. The van der Waals surface area contributed by atoms with E-state index in [-0.39, 0.29) is 11.3 Å². The van der Waals surface area contributed by atoms with E-state index in [9.17, 15) is 20.3 Å². The quantitative estimate of drug-likeness (QED) is 0.385. The minimum absolute atomic E-state index is 0.156. The van der Waals surface area contributed by atoms with E-state index in [1.165, 1.54) is 0 Å². The van der Waals surface area contributed by atoms with Crippen LogP contribution in [0, 0.1) is 10.1 Å². The summed E-state index contributed by atoms with van der Waals surface area (Å²) in [6.45, 7) is 0. The number of hydrogen-bond acceptors (Lipinski definition) is 7. The van der Waals surface area contributed by atoms with Crippen LogP contribution in [0.1, 0.15) is 5.56 Å². The SMILES string of the molecule is O=[N+]([O-])c1ccc(O)c(/C=N/Nc2nccc3ccccc23)c1O. The fourth-order valence-electron chi connectivity index (χ4n) is 2.23. The van der Waals surface area contributed by atoms with Gasteiger partial charge in [-0.25, -0.2) is 4.98 Å². The zero-order valence-electron chi connectivity index (χ0n) is 12.2. The van der Waals surface area contributed by atoms with Gasteiger partial charge in [0.15, 0.2) is 5.82 Å². The summed E-state index contributed by atoms with van der Waals surface area (Å²) in [6.07, 6.45) is 2.71. The third kappa shape index (κ3) is 2.80. The highest BCUT2D eigenvalue weighted by Gasteiger charge is 2.19. The number of phenolic OH excluding ortho intramolecular Hbond substituents is 2. The largest absolute Gasteiger partial charge is 0.507 e. The van der Waals surface area contributed by atoms with Gasteiger partial charge in [-0.1, -0.05) is 24.3 Å². The van der Waals surface area contributed by atoms with Gasteiger partial charge in [-0.15, -0.1) is 0 Å². The molecule has 0 unspecified atom stereocenters. The highest BCUT2D eigenvalue weighted by Crippen LogP contribution is 2.34. The van der Waals surface area contributed by atoms with Gasteiger partial charge in [0, 0.05) is 17.6 Å².